The van der Waals surface area contributed by atoms with Crippen LogP contribution in [0.4, 0.5) is 0 Å². The van der Waals surface area contributed by atoms with Crippen molar-refractivity contribution in [3.05, 3.63) is 0 Å². The van der Waals surface area contributed by atoms with E-state index in [1.54, 1.807) is 0 Å². The third-order valence-electron chi connectivity index (χ3n) is 0. The van der Waals surface area contributed by atoms with Crippen molar-refractivity contribution in [2.75, 3.05) is 0 Å². The second-order valence-corrected chi connectivity index (χ2v) is 1.54. The fraction of sp³-hybridized carbons (Fsp3) is 0. The van der Waals surface area contributed by atoms with E-state index in [2.05, 4.69) is 5.14 Å². The van der Waals surface area contributed by atoms with E-state index in [4.69, 9.17) is 13.0 Å². The van der Waals surface area contributed by atoms with Crippen LogP contribution in [-0.4, -0.2) is 63.9 Å². The van der Waals surface area contributed by atoms with Gasteiger partial charge in [0.1, 0.15) is 0 Å². The van der Waals surface area contributed by atoms with Crippen molar-refractivity contribution in [2.45, 2.75) is 0 Å². The number of nitrogens with two attached hydrogens (primary N) is 1. The van der Waals surface area contributed by atoms with Crippen LogP contribution in [0, 0.1) is 0 Å². The van der Waals surface area contributed by atoms with E-state index in [0.717, 1.165) is 0 Å². The van der Waals surface area contributed by atoms with Gasteiger partial charge in [-0.3, -0.25) is 4.55 Å². The van der Waals surface area contributed by atoms with Gasteiger partial charge in [-0.05, 0) is 0 Å². The number of rotatable bonds is 0. The molecule has 0 aromatic heterocycles. The minimum absolute atomic E-state index is 0. The Kier molecular flexibility index (Phi) is 12.3. The van der Waals surface area contributed by atoms with Crippen LogP contribution in [0.15, 0.2) is 0 Å². The second kappa shape index (κ2) is 5.45. The third kappa shape index (κ3) is 120. The van der Waals surface area contributed by atoms with Crippen molar-refractivity contribution < 1.29 is 18.4 Å². The number of hydrogen-bond acceptors (Lipinski definition) is 2. The predicted octanol–water partition coefficient (Wildman–Crippen LogP) is -2.99. The molecule has 7 heavy (non-hydrogen) atoms. The van der Waals surface area contributed by atoms with Crippen LogP contribution in [0.1, 0.15) is 0 Å². The molecule has 0 rings (SSSR count). The maximum atomic E-state index is 8.97. The van der Waals surface area contributed by atoms with Crippen LogP contribution in [0.2, 0.25) is 0 Å². The molecule has 0 fully saturated rings. The molecule has 0 aliphatic heterocycles. The Morgan fingerprint density at radius 1 is 1.43 bits per heavy atom. The van der Waals surface area contributed by atoms with Gasteiger partial charge in [-0.15, -0.1) is 0 Å². The molecule has 0 heterocycles. The summed E-state index contributed by atoms with van der Waals surface area (Å²) in [5, 5.41) is 3.88. The van der Waals surface area contributed by atoms with Crippen LogP contribution in [0.25, 0.3) is 0 Å². The zero-order chi connectivity index (χ0) is 4.50. The average molecular weight is 205 g/mol. The van der Waals surface area contributed by atoms with Gasteiger partial charge in [0.05, 0.1) is 0 Å². The van der Waals surface area contributed by atoms with Crippen LogP contribution < -0.4 is 5.14 Å². The molecule has 0 aliphatic carbocycles. The molecular weight excluding hydrogens is 198 g/mol. The first kappa shape index (κ1) is 15.7. The quantitative estimate of drug-likeness (QED) is 0.324. The summed E-state index contributed by atoms with van der Waals surface area (Å²) in [5.74, 6) is 0. The summed E-state index contributed by atoms with van der Waals surface area (Å²) in [7, 11) is -4.17. The van der Waals surface area contributed by atoms with E-state index >= 15 is 0 Å². The van der Waals surface area contributed by atoms with Gasteiger partial charge >= 0.3 is 55.8 Å². The first-order valence-electron chi connectivity index (χ1n) is 0.752. The molecule has 0 aromatic rings. The molecule has 0 atom stereocenters. The molecule has 7 heteroatoms. The zero-order valence-electron chi connectivity index (χ0n) is 2.75. The monoisotopic (exact) mass is 205 g/mol. The standard InChI is InChI=1S/H3NO3S.H2O.Sr.2H/c1-5(2,3)4;;;;/h(H3,1,2,3,4);1H2;;;. The first-order chi connectivity index (χ1) is 2.00. The SMILES string of the molecule is NS(=O)(=O)O.O.[SrH2]. The van der Waals surface area contributed by atoms with Gasteiger partial charge in [-0.25, -0.2) is 5.14 Å². The Balaban J connectivity index is -0.0000000800. The molecule has 0 amide bonds. The molecule has 0 bridgehead atoms. The topological polar surface area (TPSA) is 112 Å². The van der Waals surface area contributed by atoms with E-state index in [-0.39, 0.29) is 51.0 Å². The summed E-state index contributed by atoms with van der Waals surface area (Å²) < 4.78 is 25.2. The molecule has 44 valence electrons. The van der Waals surface area contributed by atoms with Crippen molar-refractivity contribution in [2.24, 2.45) is 5.14 Å². The predicted molar refractivity (Wildman–Crippen MR) is 27.9 cm³/mol. The second-order valence-electron chi connectivity index (χ2n) is 0.515. The fourth-order valence-corrected chi connectivity index (χ4v) is 0. The molecule has 0 aliphatic rings. The van der Waals surface area contributed by atoms with Crippen LogP contribution in [0.3, 0.4) is 0 Å². The number of hydrogen-bond donors (Lipinski definition) is 2. The van der Waals surface area contributed by atoms with Gasteiger partial charge in [-0.2, -0.15) is 8.42 Å². The Labute approximate surface area is 78.3 Å². The van der Waals surface area contributed by atoms with E-state index in [0.29, 0.717) is 0 Å². The molecule has 0 unspecified atom stereocenters. The van der Waals surface area contributed by atoms with Gasteiger partial charge in [0, 0.05) is 0 Å². The summed E-state index contributed by atoms with van der Waals surface area (Å²) >= 11 is 0. The third-order valence-corrected chi connectivity index (χ3v) is 0. The molecule has 0 aromatic carbocycles. The van der Waals surface area contributed by atoms with E-state index in [1.807, 2.05) is 0 Å². The molecule has 0 spiro atoms. The van der Waals surface area contributed by atoms with Crippen molar-refractivity contribution in [1.29, 1.82) is 0 Å². The maximum absolute atomic E-state index is 8.97. The van der Waals surface area contributed by atoms with Gasteiger partial charge < -0.3 is 5.48 Å². The van der Waals surface area contributed by atoms with Crippen molar-refractivity contribution in [3.63, 3.8) is 0 Å². The molecule has 0 radical (unpaired) electrons. The van der Waals surface area contributed by atoms with E-state index in [9.17, 15) is 0 Å². The van der Waals surface area contributed by atoms with E-state index < -0.39 is 10.3 Å². The summed E-state index contributed by atoms with van der Waals surface area (Å²) in [6.07, 6.45) is 0. The molecule has 5 nitrogen and oxygen atoms in total. The Morgan fingerprint density at radius 2 is 1.43 bits per heavy atom. The van der Waals surface area contributed by atoms with E-state index in [1.165, 1.54) is 0 Å². The molecule has 0 saturated heterocycles. The first-order valence-corrected chi connectivity index (χ1v) is 2.25. The Morgan fingerprint density at radius 3 is 1.43 bits per heavy atom. The van der Waals surface area contributed by atoms with Crippen molar-refractivity contribution in [1.82, 2.24) is 0 Å². The Bertz CT molecular complexity index is 94.9. The zero-order valence-corrected chi connectivity index (χ0v) is 3.57. The molecular formula is H7NO4SSr. The summed E-state index contributed by atoms with van der Waals surface area (Å²) in [6.45, 7) is 0. The van der Waals surface area contributed by atoms with Crippen LogP contribution in [-0.2, 0) is 10.3 Å². The van der Waals surface area contributed by atoms with Crippen molar-refractivity contribution >= 4 is 55.8 Å². The van der Waals surface area contributed by atoms with Gasteiger partial charge in [-0.1, -0.05) is 0 Å². The summed E-state index contributed by atoms with van der Waals surface area (Å²) in [4.78, 5) is 0. The van der Waals surface area contributed by atoms with Gasteiger partial charge in [0.25, 0.3) is 0 Å². The summed E-state index contributed by atoms with van der Waals surface area (Å²) in [5.41, 5.74) is 0. The summed E-state index contributed by atoms with van der Waals surface area (Å²) in [6, 6.07) is 0. The Hall–Kier alpha value is 1.31. The van der Waals surface area contributed by atoms with Crippen LogP contribution >= 0.6 is 0 Å². The van der Waals surface area contributed by atoms with Gasteiger partial charge in [0.15, 0.2) is 0 Å². The molecule has 0 saturated carbocycles. The van der Waals surface area contributed by atoms with Gasteiger partial charge in [0.2, 0.25) is 0 Å². The van der Waals surface area contributed by atoms with Crippen molar-refractivity contribution in [3.8, 4) is 0 Å². The molecule has 5 N–H and O–H groups in total. The minimum atomic E-state index is -4.17. The normalized spacial score (nSPS) is 8.29. The fourth-order valence-electron chi connectivity index (χ4n) is 0. The van der Waals surface area contributed by atoms with Crippen LogP contribution in [0.5, 0.6) is 0 Å². The average Bonchev–Trinajstić information content (AvgIpc) is 0.722.